The van der Waals surface area contributed by atoms with Crippen molar-refractivity contribution in [2.24, 2.45) is 5.41 Å². The minimum absolute atomic E-state index is 0.115. The molecule has 0 spiro atoms. The molecule has 22 heavy (non-hydrogen) atoms. The first kappa shape index (κ1) is 17.9. The maximum absolute atomic E-state index is 12.3. The Kier molecular flexibility index (Phi) is 5.84. The summed E-state index contributed by atoms with van der Waals surface area (Å²) in [5.74, 6) is -0.949. The summed E-state index contributed by atoms with van der Waals surface area (Å²) >= 11 is 0. The SMILES string of the molecule is CC(NC(=O)C(C)(C)C)C(=O)Nc1ccccc1OC(F)F. The van der Waals surface area contributed by atoms with E-state index in [1.807, 2.05) is 0 Å². The van der Waals surface area contributed by atoms with E-state index < -0.39 is 24.0 Å². The van der Waals surface area contributed by atoms with Crippen LogP contribution in [0, 0.1) is 5.41 Å². The molecule has 7 heteroatoms. The van der Waals surface area contributed by atoms with Gasteiger partial charge in [-0.1, -0.05) is 32.9 Å². The summed E-state index contributed by atoms with van der Waals surface area (Å²) in [4.78, 5) is 23.9. The fourth-order valence-electron chi connectivity index (χ4n) is 1.49. The third kappa shape index (κ3) is 5.31. The van der Waals surface area contributed by atoms with Crippen molar-refractivity contribution in [2.75, 3.05) is 5.32 Å². The Hall–Kier alpha value is -2.18. The van der Waals surface area contributed by atoms with Gasteiger partial charge in [0.15, 0.2) is 0 Å². The number of para-hydroxylation sites is 2. The fraction of sp³-hybridized carbons (Fsp3) is 0.467. The van der Waals surface area contributed by atoms with Crippen LogP contribution in [-0.4, -0.2) is 24.5 Å². The van der Waals surface area contributed by atoms with Gasteiger partial charge in [-0.2, -0.15) is 8.78 Å². The van der Waals surface area contributed by atoms with Crippen molar-refractivity contribution < 1.29 is 23.1 Å². The molecule has 0 aliphatic carbocycles. The normalized spacial score (nSPS) is 12.7. The van der Waals surface area contributed by atoms with Crippen LogP contribution in [0.15, 0.2) is 24.3 Å². The highest BCUT2D eigenvalue weighted by Crippen LogP contribution is 2.25. The monoisotopic (exact) mass is 314 g/mol. The number of benzene rings is 1. The Morgan fingerprint density at radius 3 is 2.32 bits per heavy atom. The number of amides is 2. The van der Waals surface area contributed by atoms with E-state index >= 15 is 0 Å². The van der Waals surface area contributed by atoms with Crippen LogP contribution in [0.4, 0.5) is 14.5 Å². The topological polar surface area (TPSA) is 67.4 Å². The van der Waals surface area contributed by atoms with Crippen LogP contribution < -0.4 is 15.4 Å². The number of carbonyl (C=O) groups is 2. The van der Waals surface area contributed by atoms with Gasteiger partial charge in [-0.05, 0) is 19.1 Å². The molecule has 2 N–H and O–H groups in total. The second-order valence-electron chi connectivity index (χ2n) is 5.81. The molecule has 0 aliphatic rings. The lowest BCUT2D eigenvalue weighted by Gasteiger charge is -2.21. The zero-order valence-electron chi connectivity index (χ0n) is 12.9. The summed E-state index contributed by atoms with van der Waals surface area (Å²) < 4.78 is 28.9. The number of hydrogen-bond acceptors (Lipinski definition) is 3. The number of halogens is 2. The van der Waals surface area contributed by atoms with Gasteiger partial charge in [-0.3, -0.25) is 9.59 Å². The van der Waals surface area contributed by atoms with Crippen molar-refractivity contribution in [1.82, 2.24) is 5.32 Å². The molecular formula is C15H20F2N2O3. The quantitative estimate of drug-likeness (QED) is 0.878. The third-order valence-corrected chi connectivity index (χ3v) is 2.78. The van der Waals surface area contributed by atoms with Crippen molar-refractivity contribution in [1.29, 1.82) is 0 Å². The van der Waals surface area contributed by atoms with Crippen molar-refractivity contribution in [3.63, 3.8) is 0 Å². The number of carbonyl (C=O) groups excluding carboxylic acids is 2. The maximum Gasteiger partial charge on any atom is 0.387 e. The molecule has 1 atom stereocenters. The van der Waals surface area contributed by atoms with Gasteiger partial charge in [-0.15, -0.1) is 0 Å². The Labute approximate surface area is 128 Å². The minimum Gasteiger partial charge on any atom is -0.433 e. The van der Waals surface area contributed by atoms with Gasteiger partial charge < -0.3 is 15.4 Å². The molecule has 0 saturated heterocycles. The van der Waals surface area contributed by atoms with Gasteiger partial charge >= 0.3 is 6.61 Å². The van der Waals surface area contributed by atoms with Gasteiger partial charge in [-0.25, -0.2) is 0 Å². The van der Waals surface area contributed by atoms with Crippen LogP contribution in [0.5, 0.6) is 5.75 Å². The first-order chi connectivity index (χ1) is 10.1. The van der Waals surface area contributed by atoms with Crippen LogP contribution in [0.2, 0.25) is 0 Å². The molecule has 0 heterocycles. The number of alkyl halides is 2. The number of anilines is 1. The molecule has 0 aliphatic heterocycles. The molecule has 0 fully saturated rings. The predicted molar refractivity (Wildman–Crippen MR) is 78.8 cm³/mol. The van der Waals surface area contributed by atoms with Gasteiger partial charge in [0.25, 0.3) is 0 Å². The summed E-state index contributed by atoms with van der Waals surface area (Å²) in [6.45, 7) is 3.68. The highest BCUT2D eigenvalue weighted by molar-refractivity contribution is 5.98. The first-order valence-electron chi connectivity index (χ1n) is 6.77. The highest BCUT2D eigenvalue weighted by atomic mass is 19.3. The van der Waals surface area contributed by atoms with E-state index in [0.29, 0.717) is 0 Å². The van der Waals surface area contributed by atoms with E-state index in [2.05, 4.69) is 15.4 Å². The Balaban J connectivity index is 2.74. The largest absolute Gasteiger partial charge is 0.433 e. The standard InChI is InChI=1S/C15H20F2N2O3/c1-9(18-13(21)15(2,3)4)12(20)19-10-7-5-6-8-11(10)22-14(16)17/h5-9,14H,1-4H3,(H,18,21)(H,19,20). The summed E-state index contributed by atoms with van der Waals surface area (Å²) in [5, 5.41) is 5.02. The molecule has 2 amide bonds. The lowest BCUT2D eigenvalue weighted by atomic mass is 9.95. The zero-order chi connectivity index (χ0) is 16.9. The maximum atomic E-state index is 12.3. The molecule has 0 bridgehead atoms. The van der Waals surface area contributed by atoms with E-state index in [1.165, 1.54) is 25.1 Å². The Morgan fingerprint density at radius 1 is 1.18 bits per heavy atom. The van der Waals surface area contributed by atoms with Crippen LogP contribution in [0.3, 0.4) is 0 Å². The van der Waals surface area contributed by atoms with Crippen molar-refractivity contribution >= 4 is 17.5 Å². The predicted octanol–water partition coefficient (Wildman–Crippen LogP) is 2.78. The van der Waals surface area contributed by atoms with E-state index in [1.54, 1.807) is 26.8 Å². The smallest absolute Gasteiger partial charge is 0.387 e. The Bertz CT molecular complexity index is 542. The molecule has 0 aromatic heterocycles. The van der Waals surface area contributed by atoms with Crippen LogP contribution in [0.1, 0.15) is 27.7 Å². The summed E-state index contributed by atoms with van der Waals surface area (Å²) in [7, 11) is 0. The minimum atomic E-state index is -2.99. The molecule has 0 saturated carbocycles. The van der Waals surface area contributed by atoms with E-state index in [4.69, 9.17) is 0 Å². The lowest BCUT2D eigenvalue weighted by Crippen LogP contribution is -2.46. The van der Waals surface area contributed by atoms with Gasteiger partial charge in [0, 0.05) is 5.41 Å². The highest BCUT2D eigenvalue weighted by Gasteiger charge is 2.25. The fourth-order valence-corrected chi connectivity index (χ4v) is 1.49. The van der Waals surface area contributed by atoms with Gasteiger partial charge in [0.1, 0.15) is 11.8 Å². The average Bonchev–Trinajstić information content (AvgIpc) is 2.39. The van der Waals surface area contributed by atoms with Gasteiger partial charge in [0.2, 0.25) is 11.8 Å². The molecule has 5 nitrogen and oxygen atoms in total. The van der Waals surface area contributed by atoms with Crippen LogP contribution in [-0.2, 0) is 9.59 Å². The molecule has 1 aromatic rings. The van der Waals surface area contributed by atoms with E-state index in [0.717, 1.165) is 0 Å². The molecule has 1 unspecified atom stereocenters. The van der Waals surface area contributed by atoms with Crippen molar-refractivity contribution in [3.8, 4) is 5.75 Å². The number of hydrogen-bond donors (Lipinski definition) is 2. The van der Waals surface area contributed by atoms with E-state index in [9.17, 15) is 18.4 Å². The summed E-state index contributed by atoms with van der Waals surface area (Å²) in [6.07, 6.45) is 0. The second kappa shape index (κ2) is 7.20. The van der Waals surface area contributed by atoms with E-state index in [-0.39, 0.29) is 17.3 Å². The molecular weight excluding hydrogens is 294 g/mol. The number of ether oxygens (including phenoxy) is 1. The average molecular weight is 314 g/mol. The number of rotatable bonds is 5. The molecule has 122 valence electrons. The molecule has 1 aromatic carbocycles. The molecule has 1 rings (SSSR count). The van der Waals surface area contributed by atoms with Crippen LogP contribution in [0.25, 0.3) is 0 Å². The zero-order valence-corrected chi connectivity index (χ0v) is 12.9. The molecule has 0 radical (unpaired) electrons. The number of nitrogens with one attached hydrogen (secondary N) is 2. The van der Waals surface area contributed by atoms with Crippen molar-refractivity contribution in [2.45, 2.75) is 40.3 Å². The van der Waals surface area contributed by atoms with Crippen LogP contribution >= 0.6 is 0 Å². The Morgan fingerprint density at radius 2 is 1.77 bits per heavy atom. The lowest BCUT2D eigenvalue weighted by molar-refractivity contribution is -0.131. The summed E-state index contributed by atoms with van der Waals surface area (Å²) in [6, 6.07) is 5.03. The van der Waals surface area contributed by atoms with Gasteiger partial charge in [0.05, 0.1) is 5.69 Å². The third-order valence-electron chi connectivity index (χ3n) is 2.78. The second-order valence-corrected chi connectivity index (χ2v) is 5.81. The summed E-state index contributed by atoms with van der Waals surface area (Å²) in [5.41, 5.74) is -0.518. The first-order valence-corrected chi connectivity index (χ1v) is 6.77. The van der Waals surface area contributed by atoms with Crippen molar-refractivity contribution in [3.05, 3.63) is 24.3 Å².